The molecule has 1 N–H and O–H groups in total. The molecule has 3 heterocycles. The first-order valence-corrected chi connectivity index (χ1v) is 7.41. The summed E-state index contributed by atoms with van der Waals surface area (Å²) in [4.78, 5) is 24.5. The van der Waals surface area contributed by atoms with Crippen LogP contribution in [0.5, 0.6) is 0 Å². The number of rotatable bonds is 2. The summed E-state index contributed by atoms with van der Waals surface area (Å²) in [7, 11) is 0. The van der Waals surface area contributed by atoms with Gasteiger partial charge in [0, 0.05) is 18.6 Å². The smallest absolute Gasteiger partial charge is 0.199 e. The molecule has 0 saturated heterocycles. The standard InChI is InChI=1S/C19H12FN3O/c20-14-5-3-13(4-6-14)17-16(12-7-10-21-11-8-12)18(24)15-2-1-9-22-19(15)23-17/h1-11H,(H,22,23,24). The maximum absolute atomic E-state index is 13.3. The summed E-state index contributed by atoms with van der Waals surface area (Å²) in [6.45, 7) is 0. The van der Waals surface area contributed by atoms with Gasteiger partial charge in [-0.1, -0.05) is 0 Å². The lowest BCUT2D eigenvalue weighted by Gasteiger charge is -2.11. The number of benzene rings is 1. The summed E-state index contributed by atoms with van der Waals surface area (Å²) in [6, 6.07) is 13.0. The van der Waals surface area contributed by atoms with Crippen LogP contribution in [0, 0.1) is 5.82 Å². The summed E-state index contributed by atoms with van der Waals surface area (Å²) in [5.41, 5.74) is 2.97. The highest BCUT2D eigenvalue weighted by molar-refractivity contribution is 5.89. The lowest BCUT2D eigenvalue weighted by Crippen LogP contribution is -2.10. The van der Waals surface area contributed by atoms with E-state index in [0.717, 1.165) is 5.56 Å². The number of nitrogens with one attached hydrogen (secondary N) is 1. The van der Waals surface area contributed by atoms with Crippen LogP contribution in [0.4, 0.5) is 4.39 Å². The van der Waals surface area contributed by atoms with E-state index >= 15 is 0 Å². The molecule has 24 heavy (non-hydrogen) atoms. The van der Waals surface area contributed by atoms with Gasteiger partial charge in [0.25, 0.3) is 0 Å². The van der Waals surface area contributed by atoms with Crippen molar-refractivity contribution in [3.05, 3.63) is 83.2 Å². The zero-order valence-corrected chi connectivity index (χ0v) is 12.5. The Morgan fingerprint density at radius 3 is 2.38 bits per heavy atom. The van der Waals surface area contributed by atoms with E-state index in [-0.39, 0.29) is 11.2 Å². The molecule has 4 rings (SSSR count). The molecule has 0 bridgehead atoms. The molecule has 116 valence electrons. The van der Waals surface area contributed by atoms with E-state index in [4.69, 9.17) is 0 Å². The SMILES string of the molecule is O=c1c(-c2ccncc2)c(-c2ccc(F)cc2)[nH]c2ncccc12. The molecule has 0 amide bonds. The Labute approximate surface area is 136 Å². The van der Waals surface area contributed by atoms with Crippen LogP contribution in [0.2, 0.25) is 0 Å². The third-order valence-corrected chi connectivity index (χ3v) is 3.87. The quantitative estimate of drug-likeness (QED) is 0.612. The van der Waals surface area contributed by atoms with Crippen molar-refractivity contribution in [2.45, 2.75) is 0 Å². The first kappa shape index (κ1) is 14.3. The van der Waals surface area contributed by atoms with Crippen LogP contribution in [0.15, 0.2) is 71.9 Å². The number of hydrogen-bond acceptors (Lipinski definition) is 3. The molecule has 4 aromatic rings. The molecular formula is C19H12FN3O. The molecule has 5 heteroatoms. The van der Waals surface area contributed by atoms with E-state index in [9.17, 15) is 9.18 Å². The minimum Gasteiger partial charge on any atom is -0.339 e. The van der Waals surface area contributed by atoms with Gasteiger partial charge in [0.1, 0.15) is 11.5 Å². The van der Waals surface area contributed by atoms with Crippen molar-refractivity contribution in [2.75, 3.05) is 0 Å². The van der Waals surface area contributed by atoms with Crippen molar-refractivity contribution >= 4 is 11.0 Å². The molecule has 0 unspecified atom stereocenters. The van der Waals surface area contributed by atoms with Crippen LogP contribution in [0.25, 0.3) is 33.4 Å². The monoisotopic (exact) mass is 317 g/mol. The normalized spacial score (nSPS) is 10.9. The van der Waals surface area contributed by atoms with Gasteiger partial charge in [-0.2, -0.15) is 0 Å². The molecule has 1 aromatic carbocycles. The second-order valence-electron chi connectivity index (χ2n) is 5.35. The highest BCUT2D eigenvalue weighted by Crippen LogP contribution is 2.29. The predicted octanol–water partition coefficient (Wildman–Crippen LogP) is 3.79. The molecule has 0 spiro atoms. The van der Waals surface area contributed by atoms with Crippen LogP contribution in [-0.2, 0) is 0 Å². The number of H-pyrrole nitrogens is 1. The molecule has 0 saturated carbocycles. The second-order valence-corrected chi connectivity index (χ2v) is 5.35. The number of halogens is 1. The number of aromatic nitrogens is 3. The molecule has 0 aliphatic heterocycles. The first-order chi connectivity index (χ1) is 11.7. The predicted molar refractivity (Wildman–Crippen MR) is 91.0 cm³/mol. The second kappa shape index (κ2) is 5.70. The molecule has 0 atom stereocenters. The van der Waals surface area contributed by atoms with Crippen LogP contribution in [-0.4, -0.2) is 15.0 Å². The maximum Gasteiger partial charge on any atom is 0.199 e. The Morgan fingerprint density at radius 1 is 0.875 bits per heavy atom. The van der Waals surface area contributed by atoms with Gasteiger partial charge in [-0.15, -0.1) is 0 Å². The molecule has 0 aliphatic carbocycles. The molecule has 4 nitrogen and oxygen atoms in total. The van der Waals surface area contributed by atoms with Crippen LogP contribution >= 0.6 is 0 Å². The molecule has 0 aliphatic rings. The van der Waals surface area contributed by atoms with E-state index in [0.29, 0.717) is 27.9 Å². The molecular weight excluding hydrogens is 305 g/mol. The summed E-state index contributed by atoms with van der Waals surface area (Å²) in [5.74, 6) is -0.328. The minimum absolute atomic E-state index is 0.123. The Morgan fingerprint density at radius 2 is 1.62 bits per heavy atom. The number of fused-ring (bicyclic) bond motifs is 1. The van der Waals surface area contributed by atoms with Gasteiger partial charge in [0.2, 0.25) is 0 Å². The Balaban J connectivity index is 2.11. The highest BCUT2D eigenvalue weighted by Gasteiger charge is 2.15. The van der Waals surface area contributed by atoms with Crippen LogP contribution in [0.3, 0.4) is 0 Å². The Kier molecular flexibility index (Phi) is 3.39. The number of nitrogens with zero attached hydrogens (tertiary/aromatic N) is 2. The fourth-order valence-electron chi connectivity index (χ4n) is 2.74. The number of hydrogen-bond donors (Lipinski definition) is 1. The average Bonchev–Trinajstić information content (AvgIpc) is 2.63. The van der Waals surface area contributed by atoms with Crippen molar-refractivity contribution in [2.24, 2.45) is 0 Å². The van der Waals surface area contributed by atoms with Gasteiger partial charge < -0.3 is 4.98 Å². The largest absolute Gasteiger partial charge is 0.339 e. The summed E-state index contributed by atoms with van der Waals surface area (Å²) in [5, 5.41) is 0.509. The van der Waals surface area contributed by atoms with Gasteiger partial charge in [0.15, 0.2) is 5.43 Å². The Bertz CT molecular complexity index is 1070. The highest BCUT2D eigenvalue weighted by atomic mass is 19.1. The first-order valence-electron chi connectivity index (χ1n) is 7.41. The van der Waals surface area contributed by atoms with Gasteiger partial charge in [0.05, 0.1) is 16.6 Å². The van der Waals surface area contributed by atoms with E-state index in [2.05, 4.69) is 15.0 Å². The molecule has 0 fully saturated rings. The van der Waals surface area contributed by atoms with Gasteiger partial charge >= 0.3 is 0 Å². The summed E-state index contributed by atoms with van der Waals surface area (Å²) >= 11 is 0. The van der Waals surface area contributed by atoms with Gasteiger partial charge in [-0.05, 0) is 59.7 Å². The zero-order valence-electron chi connectivity index (χ0n) is 12.5. The van der Waals surface area contributed by atoms with Gasteiger partial charge in [-0.25, -0.2) is 9.37 Å². The lowest BCUT2D eigenvalue weighted by molar-refractivity contribution is 0.628. The summed E-state index contributed by atoms with van der Waals surface area (Å²) in [6.07, 6.45) is 4.89. The van der Waals surface area contributed by atoms with E-state index in [1.807, 2.05) is 0 Å². The number of pyridine rings is 3. The van der Waals surface area contributed by atoms with Crippen LogP contribution < -0.4 is 5.43 Å². The van der Waals surface area contributed by atoms with Crippen molar-refractivity contribution in [1.29, 1.82) is 0 Å². The van der Waals surface area contributed by atoms with Crippen molar-refractivity contribution in [3.63, 3.8) is 0 Å². The van der Waals surface area contributed by atoms with Crippen molar-refractivity contribution in [1.82, 2.24) is 15.0 Å². The topological polar surface area (TPSA) is 58.6 Å². The van der Waals surface area contributed by atoms with Crippen molar-refractivity contribution in [3.8, 4) is 22.4 Å². The third-order valence-electron chi connectivity index (χ3n) is 3.87. The van der Waals surface area contributed by atoms with Crippen molar-refractivity contribution < 1.29 is 4.39 Å². The van der Waals surface area contributed by atoms with E-state index < -0.39 is 0 Å². The zero-order chi connectivity index (χ0) is 16.5. The maximum atomic E-state index is 13.3. The van der Waals surface area contributed by atoms with E-state index in [1.54, 1.807) is 55.0 Å². The molecule has 3 aromatic heterocycles. The Hall–Kier alpha value is -3.34. The number of aromatic amines is 1. The van der Waals surface area contributed by atoms with Crippen LogP contribution in [0.1, 0.15) is 0 Å². The minimum atomic E-state index is -0.328. The summed E-state index contributed by atoms with van der Waals surface area (Å²) < 4.78 is 13.3. The average molecular weight is 317 g/mol. The van der Waals surface area contributed by atoms with E-state index in [1.165, 1.54) is 12.1 Å². The lowest BCUT2D eigenvalue weighted by atomic mass is 9.98. The fourth-order valence-corrected chi connectivity index (χ4v) is 2.74. The third kappa shape index (κ3) is 2.36. The molecule has 0 radical (unpaired) electrons. The fraction of sp³-hybridized carbons (Fsp3) is 0. The van der Waals surface area contributed by atoms with Gasteiger partial charge in [-0.3, -0.25) is 9.78 Å².